The number of halogens is 1. The van der Waals surface area contributed by atoms with Gasteiger partial charge in [-0.2, -0.15) is 0 Å². The van der Waals surface area contributed by atoms with Gasteiger partial charge in [0, 0.05) is 23.7 Å². The Morgan fingerprint density at radius 3 is 2.54 bits per heavy atom. The fourth-order valence-corrected chi connectivity index (χ4v) is 2.65. The zero-order valence-corrected chi connectivity index (χ0v) is 15.5. The monoisotopic (exact) mass is 376 g/mol. The predicted octanol–water partition coefficient (Wildman–Crippen LogP) is 2.88. The topological polar surface area (TPSA) is 81.9 Å². The first kappa shape index (κ1) is 19.6. The Balaban J connectivity index is 2.19. The van der Waals surface area contributed by atoms with Crippen LogP contribution in [0.3, 0.4) is 0 Å². The second kappa shape index (κ2) is 9.10. The van der Waals surface area contributed by atoms with E-state index in [9.17, 15) is 9.59 Å². The minimum Gasteiger partial charge on any atom is -0.493 e. The van der Waals surface area contributed by atoms with Crippen molar-refractivity contribution in [1.82, 2.24) is 4.90 Å². The summed E-state index contributed by atoms with van der Waals surface area (Å²) < 4.78 is 10.5. The Hall–Kier alpha value is -2.73. The lowest BCUT2D eigenvalue weighted by molar-refractivity contribution is -0.119. The Bertz CT molecular complexity index is 795. The van der Waals surface area contributed by atoms with Crippen molar-refractivity contribution < 1.29 is 19.1 Å². The van der Waals surface area contributed by atoms with Crippen molar-refractivity contribution in [2.75, 3.05) is 20.3 Å². The predicted molar refractivity (Wildman–Crippen MR) is 99.5 cm³/mol. The summed E-state index contributed by atoms with van der Waals surface area (Å²) in [6.07, 6.45) is 0. The summed E-state index contributed by atoms with van der Waals surface area (Å²) in [5, 5.41) is 0.628. The van der Waals surface area contributed by atoms with Gasteiger partial charge < -0.3 is 20.1 Å². The highest BCUT2D eigenvalue weighted by atomic mass is 35.5. The maximum absolute atomic E-state index is 12.8. The third-order valence-electron chi connectivity index (χ3n) is 3.71. The molecule has 0 fully saturated rings. The SMILES string of the molecule is CCN(Cc1cccc(Cl)c1)C(=O)c1ccc(OCC(N)=O)c(OC)c1. The zero-order valence-electron chi connectivity index (χ0n) is 14.7. The number of nitrogens with zero attached hydrogens (tertiary/aromatic N) is 1. The Kier molecular flexibility index (Phi) is 6.86. The van der Waals surface area contributed by atoms with Crippen LogP contribution < -0.4 is 15.2 Å². The van der Waals surface area contributed by atoms with Crippen molar-refractivity contribution in [3.8, 4) is 11.5 Å². The lowest BCUT2D eigenvalue weighted by Crippen LogP contribution is -2.30. The van der Waals surface area contributed by atoms with Crippen LogP contribution in [-0.4, -0.2) is 37.0 Å². The molecule has 2 amide bonds. The number of primary amides is 1. The highest BCUT2D eigenvalue weighted by Crippen LogP contribution is 2.28. The summed E-state index contributed by atoms with van der Waals surface area (Å²) >= 11 is 6.01. The number of methoxy groups -OCH3 is 1. The summed E-state index contributed by atoms with van der Waals surface area (Å²) in [4.78, 5) is 25.4. The van der Waals surface area contributed by atoms with Crippen molar-refractivity contribution in [2.45, 2.75) is 13.5 Å². The summed E-state index contributed by atoms with van der Waals surface area (Å²) in [5.74, 6) is -0.0326. The van der Waals surface area contributed by atoms with E-state index in [0.29, 0.717) is 35.2 Å². The molecule has 0 unspecified atom stereocenters. The molecule has 0 aliphatic rings. The van der Waals surface area contributed by atoms with Gasteiger partial charge >= 0.3 is 0 Å². The first-order valence-corrected chi connectivity index (χ1v) is 8.45. The zero-order chi connectivity index (χ0) is 19.1. The molecule has 138 valence electrons. The Morgan fingerprint density at radius 1 is 1.15 bits per heavy atom. The average molecular weight is 377 g/mol. The second-order valence-corrected chi connectivity index (χ2v) is 6.01. The molecule has 0 spiro atoms. The van der Waals surface area contributed by atoms with Gasteiger partial charge in [0.15, 0.2) is 18.1 Å². The lowest BCUT2D eigenvalue weighted by Gasteiger charge is -2.22. The van der Waals surface area contributed by atoms with Gasteiger partial charge in [0.2, 0.25) is 0 Å². The van der Waals surface area contributed by atoms with Crippen LogP contribution in [0.5, 0.6) is 11.5 Å². The molecule has 2 aromatic carbocycles. The van der Waals surface area contributed by atoms with Gasteiger partial charge in [0.05, 0.1) is 7.11 Å². The third kappa shape index (κ3) is 5.13. The molecule has 0 aromatic heterocycles. The molecule has 7 heteroatoms. The second-order valence-electron chi connectivity index (χ2n) is 5.57. The van der Waals surface area contributed by atoms with Crippen LogP contribution >= 0.6 is 11.6 Å². The maximum atomic E-state index is 12.8. The van der Waals surface area contributed by atoms with Crippen LogP contribution in [0, 0.1) is 0 Å². The number of carbonyl (C=O) groups is 2. The molecule has 2 rings (SSSR count). The minimum absolute atomic E-state index is 0.146. The molecular weight excluding hydrogens is 356 g/mol. The summed E-state index contributed by atoms with van der Waals surface area (Å²) in [6.45, 7) is 2.62. The Labute approximate surface area is 157 Å². The van der Waals surface area contributed by atoms with E-state index >= 15 is 0 Å². The molecular formula is C19H21ClN2O4. The quantitative estimate of drug-likeness (QED) is 0.768. The van der Waals surface area contributed by atoms with Crippen molar-refractivity contribution in [3.05, 3.63) is 58.6 Å². The molecule has 6 nitrogen and oxygen atoms in total. The molecule has 2 N–H and O–H groups in total. The molecule has 26 heavy (non-hydrogen) atoms. The highest BCUT2D eigenvalue weighted by Gasteiger charge is 2.17. The van der Waals surface area contributed by atoms with Crippen molar-refractivity contribution in [2.24, 2.45) is 5.73 Å². The third-order valence-corrected chi connectivity index (χ3v) is 3.95. The number of benzene rings is 2. The number of rotatable bonds is 8. The summed E-state index contributed by atoms with van der Waals surface area (Å²) in [7, 11) is 1.46. The molecule has 0 atom stereocenters. The van der Waals surface area contributed by atoms with Gasteiger partial charge in [-0.3, -0.25) is 9.59 Å². The van der Waals surface area contributed by atoms with Crippen LogP contribution in [0.15, 0.2) is 42.5 Å². The fraction of sp³-hybridized carbons (Fsp3) is 0.263. The smallest absolute Gasteiger partial charge is 0.255 e. The van der Waals surface area contributed by atoms with Crippen LogP contribution in [0.1, 0.15) is 22.8 Å². The largest absolute Gasteiger partial charge is 0.493 e. The van der Waals surface area contributed by atoms with Gasteiger partial charge in [-0.05, 0) is 42.8 Å². The van der Waals surface area contributed by atoms with Crippen LogP contribution in [0.25, 0.3) is 0 Å². The van der Waals surface area contributed by atoms with E-state index in [-0.39, 0.29) is 12.5 Å². The van der Waals surface area contributed by atoms with Gasteiger partial charge in [0.25, 0.3) is 11.8 Å². The molecule has 0 saturated heterocycles. The maximum Gasteiger partial charge on any atom is 0.255 e. The molecule has 0 bridgehead atoms. The van der Waals surface area contributed by atoms with E-state index in [0.717, 1.165) is 5.56 Å². The number of carbonyl (C=O) groups excluding carboxylic acids is 2. The van der Waals surface area contributed by atoms with E-state index < -0.39 is 5.91 Å². The van der Waals surface area contributed by atoms with Crippen molar-refractivity contribution >= 4 is 23.4 Å². The molecule has 0 radical (unpaired) electrons. The lowest BCUT2D eigenvalue weighted by atomic mass is 10.1. The van der Waals surface area contributed by atoms with Crippen LogP contribution in [0.4, 0.5) is 0 Å². The van der Waals surface area contributed by atoms with Crippen molar-refractivity contribution in [1.29, 1.82) is 0 Å². The van der Waals surface area contributed by atoms with E-state index in [1.165, 1.54) is 7.11 Å². The van der Waals surface area contributed by atoms with Crippen molar-refractivity contribution in [3.63, 3.8) is 0 Å². The fourth-order valence-electron chi connectivity index (χ4n) is 2.43. The van der Waals surface area contributed by atoms with E-state index in [1.807, 2.05) is 25.1 Å². The Morgan fingerprint density at radius 2 is 1.92 bits per heavy atom. The average Bonchev–Trinajstić information content (AvgIpc) is 2.63. The first-order valence-electron chi connectivity index (χ1n) is 8.07. The molecule has 0 aliphatic heterocycles. The normalized spacial score (nSPS) is 10.3. The van der Waals surface area contributed by atoms with Gasteiger partial charge in [-0.1, -0.05) is 23.7 Å². The summed E-state index contributed by atoms with van der Waals surface area (Å²) in [6, 6.07) is 12.2. The molecule has 0 heterocycles. The number of hydrogen-bond acceptors (Lipinski definition) is 4. The number of nitrogens with two attached hydrogens (primary N) is 1. The van der Waals surface area contributed by atoms with Gasteiger partial charge in [-0.15, -0.1) is 0 Å². The highest BCUT2D eigenvalue weighted by molar-refractivity contribution is 6.30. The number of amides is 2. The molecule has 2 aromatic rings. The van der Waals surface area contributed by atoms with Gasteiger partial charge in [0.1, 0.15) is 0 Å². The molecule has 0 aliphatic carbocycles. The number of hydrogen-bond donors (Lipinski definition) is 1. The standard InChI is InChI=1S/C19H21ClN2O4/c1-3-22(11-13-5-4-6-15(20)9-13)19(24)14-7-8-16(17(10-14)25-2)26-12-18(21)23/h4-10H,3,11-12H2,1-2H3,(H2,21,23). The van der Waals surface area contributed by atoms with E-state index in [4.69, 9.17) is 26.8 Å². The van der Waals surface area contributed by atoms with Crippen LogP contribution in [-0.2, 0) is 11.3 Å². The van der Waals surface area contributed by atoms with Crippen LogP contribution in [0.2, 0.25) is 5.02 Å². The first-order chi connectivity index (χ1) is 12.4. The van der Waals surface area contributed by atoms with Gasteiger partial charge in [-0.25, -0.2) is 0 Å². The molecule has 0 saturated carbocycles. The van der Waals surface area contributed by atoms with E-state index in [2.05, 4.69) is 0 Å². The number of ether oxygens (including phenoxy) is 2. The summed E-state index contributed by atoms with van der Waals surface area (Å²) in [5.41, 5.74) is 6.48. The van der Waals surface area contributed by atoms with E-state index in [1.54, 1.807) is 29.2 Å². The minimum atomic E-state index is -0.592.